The number of nitrogens with one attached hydrogen (secondary N) is 2. The largest absolute Gasteiger partial charge is 0.373 e. The Bertz CT molecular complexity index is 902. The van der Waals surface area contributed by atoms with Crippen LogP contribution in [0, 0.1) is 12.7 Å². The number of carbonyl (C=O) groups excluding carboxylic acids is 1. The molecule has 29 heavy (non-hydrogen) atoms. The van der Waals surface area contributed by atoms with Crippen molar-refractivity contribution >= 4 is 23.0 Å². The Labute approximate surface area is 169 Å². The van der Waals surface area contributed by atoms with E-state index in [1.807, 2.05) is 55.1 Å². The summed E-state index contributed by atoms with van der Waals surface area (Å²) in [6.45, 7) is 2.83. The molecule has 1 fully saturated rings. The van der Waals surface area contributed by atoms with Crippen molar-refractivity contribution in [3.05, 3.63) is 53.3 Å². The molecule has 2 aliphatic heterocycles. The van der Waals surface area contributed by atoms with Crippen molar-refractivity contribution in [1.29, 1.82) is 0 Å². The zero-order valence-corrected chi connectivity index (χ0v) is 16.9. The number of likely N-dealkylation sites (N-methyl/N-ethyl adjacent to an activating group) is 1. The number of carbonyl (C=O) groups is 1. The Morgan fingerprint density at radius 1 is 1.24 bits per heavy atom. The lowest BCUT2D eigenvalue weighted by atomic mass is 10.1. The molecule has 1 saturated heterocycles. The van der Waals surface area contributed by atoms with Gasteiger partial charge in [-0.15, -0.1) is 0 Å². The SMILES string of the molecule is Cc1ccc(F)c2c1NC(C(=O)Nc1cccc(N3CC(F)C(N(C)C)C3)c1)C2. The molecule has 1 amide bonds. The first kappa shape index (κ1) is 19.6. The molecule has 5 nitrogen and oxygen atoms in total. The normalized spacial score (nSPS) is 23.2. The first-order valence-electron chi connectivity index (χ1n) is 9.84. The first-order chi connectivity index (χ1) is 13.8. The van der Waals surface area contributed by atoms with Crippen molar-refractivity contribution in [2.45, 2.75) is 31.6 Å². The lowest BCUT2D eigenvalue weighted by molar-refractivity contribution is -0.116. The molecule has 0 aromatic heterocycles. The summed E-state index contributed by atoms with van der Waals surface area (Å²) in [5, 5.41) is 6.05. The number of rotatable bonds is 4. The highest BCUT2D eigenvalue weighted by Crippen LogP contribution is 2.32. The highest BCUT2D eigenvalue weighted by atomic mass is 19.1. The van der Waals surface area contributed by atoms with Gasteiger partial charge in [0.15, 0.2) is 0 Å². The maximum Gasteiger partial charge on any atom is 0.247 e. The molecule has 4 rings (SSSR count). The van der Waals surface area contributed by atoms with E-state index < -0.39 is 12.2 Å². The summed E-state index contributed by atoms with van der Waals surface area (Å²) in [5.41, 5.74) is 3.70. The third-order valence-electron chi connectivity index (χ3n) is 5.87. The average Bonchev–Trinajstić information content (AvgIpc) is 3.30. The number of fused-ring (bicyclic) bond motifs is 1. The molecule has 0 saturated carbocycles. The summed E-state index contributed by atoms with van der Waals surface area (Å²) in [6, 6.07) is 9.91. The van der Waals surface area contributed by atoms with Gasteiger partial charge >= 0.3 is 0 Å². The van der Waals surface area contributed by atoms with E-state index in [1.54, 1.807) is 6.07 Å². The van der Waals surface area contributed by atoms with Crippen LogP contribution in [0.15, 0.2) is 36.4 Å². The number of aryl methyl sites for hydroxylation is 1. The minimum absolute atomic E-state index is 0.146. The monoisotopic (exact) mass is 400 g/mol. The first-order valence-corrected chi connectivity index (χ1v) is 9.84. The van der Waals surface area contributed by atoms with Crippen molar-refractivity contribution in [2.24, 2.45) is 0 Å². The molecule has 3 unspecified atom stereocenters. The Balaban J connectivity index is 1.45. The summed E-state index contributed by atoms with van der Waals surface area (Å²) in [7, 11) is 3.77. The maximum absolute atomic E-state index is 14.3. The van der Waals surface area contributed by atoms with Crippen LogP contribution in [-0.4, -0.2) is 56.2 Å². The van der Waals surface area contributed by atoms with Gasteiger partial charge in [0.2, 0.25) is 5.91 Å². The van der Waals surface area contributed by atoms with Gasteiger partial charge in [0.05, 0.1) is 12.6 Å². The van der Waals surface area contributed by atoms with Crippen molar-refractivity contribution in [2.75, 3.05) is 42.7 Å². The van der Waals surface area contributed by atoms with Gasteiger partial charge in [-0.3, -0.25) is 4.79 Å². The number of hydrogen-bond donors (Lipinski definition) is 2. The minimum Gasteiger partial charge on any atom is -0.373 e. The number of halogens is 2. The van der Waals surface area contributed by atoms with E-state index in [1.165, 1.54) is 6.07 Å². The van der Waals surface area contributed by atoms with E-state index in [0.29, 0.717) is 36.4 Å². The molecule has 2 heterocycles. The summed E-state index contributed by atoms with van der Waals surface area (Å²) in [5.74, 6) is -0.506. The number of amides is 1. The lowest BCUT2D eigenvalue weighted by Crippen LogP contribution is -2.36. The number of alkyl halides is 1. The molecular weight excluding hydrogens is 374 g/mol. The van der Waals surface area contributed by atoms with E-state index >= 15 is 0 Å². The van der Waals surface area contributed by atoms with Crippen LogP contribution in [0.5, 0.6) is 0 Å². The van der Waals surface area contributed by atoms with Crippen LogP contribution in [0.3, 0.4) is 0 Å². The molecule has 154 valence electrons. The predicted octanol–water partition coefficient (Wildman–Crippen LogP) is 3.20. The zero-order chi connectivity index (χ0) is 20.7. The average molecular weight is 400 g/mol. The lowest BCUT2D eigenvalue weighted by Gasteiger charge is -2.22. The third kappa shape index (κ3) is 3.79. The molecule has 3 atom stereocenters. The quantitative estimate of drug-likeness (QED) is 0.828. The summed E-state index contributed by atoms with van der Waals surface area (Å²) >= 11 is 0. The predicted molar refractivity (Wildman–Crippen MR) is 112 cm³/mol. The van der Waals surface area contributed by atoms with E-state index in [0.717, 1.165) is 11.3 Å². The molecule has 0 radical (unpaired) electrons. The zero-order valence-electron chi connectivity index (χ0n) is 16.9. The van der Waals surface area contributed by atoms with Crippen LogP contribution in [0.4, 0.5) is 25.8 Å². The molecular formula is C22H26F2N4O. The molecule has 0 spiro atoms. The minimum atomic E-state index is -0.914. The number of anilines is 3. The van der Waals surface area contributed by atoms with E-state index in [2.05, 4.69) is 10.6 Å². The van der Waals surface area contributed by atoms with E-state index in [9.17, 15) is 13.6 Å². The molecule has 0 bridgehead atoms. The van der Waals surface area contributed by atoms with Crippen LogP contribution < -0.4 is 15.5 Å². The summed E-state index contributed by atoms with van der Waals surface area (Å²) < 4.78 is 28.4. The fourth-order valence-electron chi connectivity index (χ4n) is 4.18. The van der Waals surface area contributed by atoms with Crippen LogP contribution in [0.25, 0.3) is 0 Å². The maximum atomic E-state index is 14.3. The summed E-state index contributed by atoms with van der Waals surface area (Å²) in [6.07, 6.45) is -0.600. The molecule has 0 aliphatic carbocycles. The van der Waals surface area contributed by atoms with Gasteiger partial charge in [-0.25, -0.2) is 8.78 Å². The Kier molecular flexibility index (Phi) is 5.17. The van der Waals surface area contributed by atoms with Gasteiger partial charge in [-0.1, -0.05) is 12.1 Å². The third-order valence-corrected chi connectivity index (χ3v) is 5.87. The molecule has 2 aromatic carbocycles. The number of hydrogen-bond acceptors (Lipinski definition) is 4. The van der Waals surface area contributed by atoms with Gasteiger partial charge < -0.3 is 20.4 Å². The number of benzene rings is 2. The van der Waals surface area contributed by atoms with Crippen molar-refractivity contribution in [1.82, 2.24) is 4.90 Å². The fraction of sp³-hybridized carbons (Fsp3) is 0.409. The van der Waals surface area contributed by atoms with Gasteiger partial charge in [0.25, 0.3) is 0 Å². The van der Waals surface area contributed by atoms with Crippen molar-refractivity contribution in [3.8, 4) is 0 Å². The Morgan fingerprint density at radius 2 is 2.03 bits per heavy atom. The molecule has 2 N–H and O–H groups in total. The Hall–Kier alpha value is -2.67. The van der Waals surface area contributed by atoms with E-state index in [-0.39, 0.29) is 17.8 Å². The van der Waals surface area contributed by atoms with Gasteiger partial charge in [0, 0.05) is 35.6 Å². The standard InChI is InChI=1S/C22H26F2N4O/c1-13-7-8-17(23)16-10-19(26-21(13)16)22(29)25-14-5-4-6-15(9-14)28-11-18(24)20(12-28)27(2)3/h4-9,18-20,26H,10-12H2,1-3H3,(H,25,29). The number of nitrogens with zero attached hydrogens (tertiary/aromatic N) is 2. The fourth-order valence-corrected chi connectivity index (χ4v) is 4.18. The molecule has 7 heteroatoms. The molecule has 2 aliphatic rings. The highest BCUT2D eigenvalue weighted by molar-refractivity contribution is 5.98. The molecule has 2 aromatic rings. The second kappa shape index (κ2) is 7.63. The highest BCUT2D eigenvalue weighted by Gasteiger charge is 2.34. The Morgan fingerprint density at radius 3 is 2.72 bits per heavy atom. The van der Waals surface area contributed by atoms with Crippen molar-refractivity contribution in [3.63, 3.8) is 0 Å². The van der Waals surface area contributed by atoms with E-state index in [4.69, 9.17) is 0 Å². The van der Waals surface area contributed by atoms with Crippen molar-refractivity contribution < 1.29 is 13.6 Å². The van der Waals surface area contributed by atoms with Crippen LogP contribution in [0.2, 0.25) is 0 Å². The summed E-state index contributed by atoms with van der Waals surface area (Å²) in [4.78, 5) is 16.7. The van der Waals surface area contributed by atoms with Crippen LogP contribution in [-0.2, 0) is 11.2 Å². The van der Waals surface area contributed by atoms with Gasteiger partial charge in [0.1, 0.15) is 18.0 Å². The van der Waals surface area contributed by atoms with Gasteiger partial charge in [-0.05, 0) is 50.8 Å². The van der Waals surface area contributed by atoms with Gasteiger partial charge in [-0.2, -0.15) is 0 Å². The topological polar surface area (TPSA) is 47.6 Å². The smallest absolute Gasteiger partial charge is 0.247 e. The van der Waals surface area contributed by atoms with Crippen LogP contribution in [0.1, 0.15) is 11.1 Å². The second-order valence-electron chi connectivity index (χ2n) is 8.11. The second-order valence-corrected chi connectivity index (χ2v) is 8.11. The van der Waals surface area contributed by atoms with Crippen LogP contribution >= 0.6 is 0 Å².